The lowest BCUT2D eigenvalue weighted by molar-refractivity contribution is 0.0988. The van der Waals surface area contributed by atoms with Gasteiger partial charge in [0.1, 0.15) is 5.82 Å². The molecule has 0 spiro atoms. The average molecular weight is 258 g/mol. The fourth-order valence-electron chi connectivity index (χ4n) is 1.81. The maximum Gasteiger partial charge on any atom is 0.259 e. The first kappa shape index (κ1) is 13.2. The van der Waals surface area contributed by atoms with Crippen molar-refractivity contribution in [3.63, 3.8) is 0 Å². The van der Waals surface area contributed by atoms with Crippen molar-refractivity contribution in [2.24, 2.45) is 0 Å². The van der Waals surface area contributed by atoms with Crippen molar-refractivity contribution in [3.05, 3.63) is 59.7 Å². The third kappa shape index (κ3) is 2.96. The number of benzene rings is 1. The number of pyridine rings is 1. The zero-order chi connectivity index (χ0) is 13.8. The monoisotopic (exact) mass is 258 g/mol. The highest BCUT2D eigenvalue weighted by Gasteiger charge is 2.16. The summed E-state index contributed by atoms with van der Waals surface area (Å²) in [6.07, 6.45) is 1.56. The molecule has 0 fully saturated rings. The summed E-state index contributed by atoms with van der Waals surface area (Å²) in [7, 11) is 0. The van der Waals surface area contributed by atoms with Crippen LogP contribution in [0.1, 0.15) is 23.0 Å². The number of anilines is 1. The predicted octanol–water partition coefficient (Wildman–Crippen LogP) is 3.20. The van der Waals surface area contributed by atoms with Crippen LogP contribution in [0.5, 0.6) is 0 Å². The van der Waals surface area contributed by atoms with Crippen LogP contribution in [-0.4, -0.2) is 17.4 Å². The number of carbonyl (C=O) groups excluding carboxylic acids is 1. The first-order valence-corrected chi connectivity index (χ1v) is 6.12. The van der Waals surface area contributed by atoms with Gasteiger partial charge in [-0.1, -0.05) is 0 Å². The normalized spacial score (nSPS) is 10.3. The molecule has 0 aliphatic rings. The standard InChI is InChI=1S/C15H15FN2O/c1-3-18(14-8-6-13(16)7-9-14)15(19)12-5-4-11(2)17-10-12/h4-10H,3H2,1-2H3. The van der Waals surface area contributed by atoms with Crippen molar-refractivity contribution in [2.75, 3.05) is 11.4 Å². The van der Waals surface area contributed by atoms with Crippen molar-refractivity contribution in [1.29, 1.82) is 0 Å². The van der Waals surface area contributed by atoms with Crippen LogP contribution in [0, 0.1) is 12.7 Å². The minimum absolute atomic E-state index is 0.137. The Morgan fingerprint density at radius 3 is 2.42 bits per heavy atom. The van der Waals surface area contributed by atoms with E-state index in [1.165, 1.54) is 12.1 Å². The molecule has 2 rings (SSSR count). The molecule has 0 aliphatic heterocycles. The molecule has 3 nitrogen and oxygen atoms in total. The smallest absolute Gasteiger partial charge is 0.259 e. The topological polar surface area (TPSA) is 33.2 Å². The van der Waals surface area contributed by atoms with Crippen LogP contribution in [0.15, 0.2) is 42.6 Å². The third-order valence-corrected chi connectivity index (χ3v) is 2.86. The van der Waals surface area contributed by atoms with Gasteiger partial charge in [-0.15, -0.1) is 0 Å². The predicted molar refractivity (Wildman–Crippen MR) is 72.7 cm³/mol. The SMILES string of the molecule is CCN(C(=O)c1ccc(C)nc1)c1ccc(F)cc1. The second kappa shape index (κ2) is 5.61. The fraction of sp³-hybridized carbons (Fsp3) is 0.200. The quantitative estimate of drug-likeness (QED) is 0.847. The summed E-state index contributed by atoms with van der Waals surface area (Å²) >= 11 is 0. The second-order valence-corrected chi connectivity index (χ2v) is 4.21. The van der Waals surface area contributed by atoms with Gasteiger partial charge in [0.05, 0.1) is 5.56 Å². The van der Waals surface area contributed by atoms with Gasteiger partial charge in [0.2, 0.25) is 0 Å². The van der Waals surface area contributed by atoms with Gasteiger partial charge in [0, 0.05) is 24.1 Å². The molecular formula is C15H15FN2O. The maximum absolute atomic E-state index is 12.9. The Bertz CT molecular complexity index is 564. The molecule has 19 heavy (non-hydrogen) atoms. The summed E-state index contributed by atoms with van der Waals surface area (Å²) in [5.41, 5.74) is 2.06. The number of carbonyl (C=O) groups is 1. The molecule has 0 saturated heterocycles. The van der Waals surface area contributed by atoms with Gasteiger partial charge in [0.15, 0.2) is 0 Å². The van der Waals surface area contributed by atoms with Crippen molar-refractivity contribution in [3.8, 4) is 0 Å². The minimum atomic E-state index is -0.316. The van der Waals surface area contributed by atoms with Crippen molar-refractivity contribution >= 4 is 11.6 Å². The maximum atomic E-state index is 12.9. The van der Waals surface area contributed by atoms with Gasteiger partial charge in [-0.25, -0.2) is 4.39 Å². The van der Waals surface area contributed by atoms with Crippen LogP contribution < -0.4 is 4.90 Å². The molecule has 98 valence electrons. The van der Waals surface area contributed by atoms with Crippen LogP contribution in [0.4, 0.5) is 10.1 Å². The van der Waals surface area contributed by atoms with E-state index < -0.39 is 0 Å². The molecule has 1 amide bonds. The number of aryl methyl sites for hydroxylation is 1. The number of hydrogen-bond donors (Lipinski definition) is 0. The molecule has 1 heterocycles. The fourth-order valence-corrected chi connectivity index (χ4v) is 1.81. The van der Waals surface area contributed by atoms with E-state index in [9.17, 15) is 9.18 Å². The highest BCUT2D eigenvalue weighted by atomic mass is 19.1. The highest BCUT2D eigenvalue weighted by molar-refractivity contribution is 6.05. The molecule has 0 bridgehead atoms. The summed E-state index contributed by atoms with van der Waals surface area (Å²) in [5, 5.41) is 0. The summed E-state index contributed by atoms with van der Waals surface area (Å²) < 4.78 is 12.9. The number of rotatable bonds is 3. The van der Waals surface area contributed by atoms with Gasteiger partial charge in [-0.2, -0.15) is 0 Å². The van der Waals surface area contributed by atoms with E-state index in [1.807, 2.05) is 13.8 Å². The van der Waals surface area contributed by atoms with Gasteiger partial charge in [-0.05, 0) is 50.2 Å². The first-order chi connectivity index (χ1) is 9.11. The Hall–Kier alpha value is -2.23. The van der Waals surface area contributed by atoms with Crippen LogP contribution in [0.3, 0.4) is 0 Å². The second-order valence-electron chi connectivity index (χ2n) is 4.21. The highest BCUT2D eigenvalue weighted by Crippen LogP contribution is 2.17. The molecule has 0 unspecified atom stereocenters. The van der Waals surface area contributed by atoms with E-state index in [1.54, 1.807) is 35.4 Å². The molecule has 4 heteroatoms. The molecular weight excluding hydrogens is 243 g/mol. The first-order valence-electron chi connectivity index (χ1n) is 6.12. The van der Waals surface area contributed by atoms with E-state index in [0.717, 1.165) is 5.69 Å². The lowest BCUT2D eigenvalue weighted by atomic mass is 10.2. The molecule has 0 N–H and O–H groups in total. The molecule has 0 atom stereocenters. The minimum Gasteiger partial charge on any atom is -0.309 e. The number of hydrogen-bond acceptors (Lipinski definition) is 2. The van der Waals surface area contributed by atoms with Gasteiger partial charge in [0.25, 0.3) is 5.91 Å². The van der Waals surface area contributed by atoms with Crippen molar-refractivity contribution in [1.82, 2.24) is 4.98 Å². The van der Waals surface area contributed by atoms with Crippen molar-refractivity contribution < 1.29 is 9.18 Å². The molecule has 1 aromatic heterocycles. The van der Waals surface area contributed by atoms with Crippen LogP contribution in [0.2, 0.25) is 0 Å². The molecule has 0 aliphatic carbocycles. The zero-order valence-electron chi connectivity index (χ0n) is 10.9. The zero-order valence-corrected chi connectivity index (χ0v) is 10.9. The van der Waals surface area contributed by atoms with Crippen LogP contribution >= 0.6 is 0 Å². The largest absolute Gasteiger partial charge is 0.309 e. The Balaban J connectivity index is 2.29. The number of aromatic nitrogens is 1. The number of amides is 1. The van der Waals surface area contributed by atoms with E-state index in [2.05, 4.69) is 4.98 Å². The van der Waals surface area contributed by atoms with Crippen LogP contribution in [0.25, 0.3) is 0 Å². The van der Waals surface area contributed by atoms with Gasteiger partial charge >= 0.3 is 0 Å². The third-order valence-electron chi connectivity index (χ3n) is 2.86. The van der Waals surface area contributed by atoms with Gasteiger partial charge < -0.3 is 4.90 Å². The van der Waals surface area contributed by atoms with Crippen LogP contribution in [-0.2, 0) is 0 Å². The van der Waals surface area contributed by atoms with E-state index >= 15 is 0 Å². The average Bonchev–Trinajstić information content (AvgIpc) is 2.42. The van der Waals surface area contributed by atoms with E-state index in [0.29, 0.717) is 17.8 Å². The Labute approximate surface area is 111 Å². The summed E-state index contributed by atoms with van der Waals surface area (Å²) in [5.74, 6) is -0.453. The van der Waals surface area contributed by atoms with Gasteiger partial charge in [-0.3, -0.25) is 9.78 Å². The number of nitrogens with zero attached hydrogens (tertiary/aromatic N) is 2. The number of halogens is 1. The van der Waals surface area contributed by atoms with Crippen molar-refractivity contribution in [2.45, 2.75) is 13.8 Å². The van der Waals surface area contributed by atoms with E-state index in [4.69, 9.17) is 0 Å². The van der Waals surface area contributed by atoms with E-state index in [-0.39, 0.29) is 11.7 Å². The molecule has 0 radical (unpaired) electrons. The summed E-state index contributed by atoms with van der Waals surface area (Å²) in [4.78, 5) is 18.1. The summed E-state index contributed by atoms with van der Waals surface area (Å²) in [6, 6.07) is 9.43. The molecule has 2 aromatic rings. The Morgan fingerprint density at radius 1 is 1.21 bits per heavy atom. The lowest BCUT2D eigenvalue weighted by Gasteiger charge is -2.21. The molecule has 0 saturated carbocycles. The Morgan fingerprint density at radius 2 is 1.89 bits per heavy atom. The lowest BCUT2D eigenvalue weighted by Crippen LogP contribution is -2.30. The molecule has 1 aromatic carbocycles. The Kier molecular flexibility index (Phi) is 3.90. The summed E-state index contributed by atoms with van der Waals surface area (Å²) in [6.45, 7) is 4.26.